The van der Waals surface area contributed by atoms with Gasteiger partial charge in [0.25, 0.3) is 0 Å². The molecule has 0 atom stereocenters. The van der Waals surface area contributed by atoms with Crippen LogP contribution in [0.4, 0.5) is 0 Å². The Kier molecular flexibility index (Phi) is 4.13. The first-order valence-corrected chi connectivity index (χ1v) is 5.26. The molecule has 0 saturated heterocycles. The first-order valence-electron chi connectivity index (χ1n) is 4.35. The van der Waals surface area contributed by atoms with Crippen molar-refractivity contribution < 1.29 is 9.22 Å². The van der Waals surface area contributed by atoms with Crippen molar-refractivity contribution in [3.8, 4) is 0 Å². The number of carbonyl (C=O) groups is 1. The molecule has 0 N–H and O–H groups in total. The summed E-state index contributed by atoms with van der Waals surface area (Å²) in [6.45, 7) is 3.74. The number of benzene rings is 1. The highest BCUT2D eigenvalue weighted by Crippen LogP contribution is 1.90. The third-order valence-corrected chi connectivity index (χ3v) is 2.32. The molecule has 0 bridgehead atoms. The van der Waals surface area contributed by atoms with Crippen LogP contribution in [0.3, 0.4) is 0 Å². The first-order chi connectivity index (χ1) is 6.68. The van der Waals surface area contributed by atoms with Gasteiger partial charge in [-0.15, -0.1) is 0 Å². The maximum atomic E-state index is 11.1. The lowest BCUT2D eigenvalue weighted by atomic mass is 10.3. The Morgan fingerprint density at radius 1 is 1.29 bits per heavy atom. The van der Waals surface area contributed by atoms with Crippen molar-refractivity contribution in [2.45, 2.75) is 13.8 Å². The van der Waals surface area contributed by atoms with E-state index in [2.05, 4.69) is 0 Å². The topological polar surface area (TPSA) is 26.3 Å². The highest BCUT2D eigenvalue weighted by atomic mass is 28.2. The summed E-state index contributed by atoms with van der Waals surface area (Å²) < 4.78 is 5.05. The van der Waals surface area contributed by atoms with E-state index < -0.39 is 0 Å². The van der Waals surface area contributed by atoms with Crippen LogP contribution in [0.5, 0.6) is 0 Å². The van der Waals surface area contributed by atoms with Crippen molar-refractivity contribution in [2.24, 2.45) is 0 Å². The molecule has 0 aliphatic heterocycles. The predicted octanol–water partition coefficient (Wildman–Crippen LogP) is 1.44. The SMILES string of the molecule is CC(C)=CC(=O)O[Si]c1ccccc1. The Balaban J connectivity index is 2.42. The molecule has 2 nitrogen and oxygen atoms in total. The van der Waals surface area contributed by atoms with Crippen molar-refractivity contribution >= 4 is 20.9 Å². The second kappa shape index (κ2) is 5.39. The van der Waals surface area contributed by atoms with Gasteiger partial charge < -0.3 is 4.43 Å². The van der Waals surface area contributed by atoms with Crippen LogP contribution >= 0.6 is 0 Å². The summed E-state index contributed by atoms with van der Waals surface area (Å²) in [7, 11) is 0.0902. The lowest BCUT2D eigenvalue weighted by Crippen LogP contribution is -2.19. The standard InChI is InChI=1S/C11H12O2Si/c1-9(2)8-11(12)13-14-10-6-4-3-5-7-10/h3-8H,1-2H3. The second-order valence-electron chi connectivity index (χ2n) is 3.11. The van der Waals surface area contributed by atoms with E-state index in [1.165, 1.54) is 6.08 Å². The van der Waals surface area contributed by atoms with Crippen molar-refractivity contribution in [1.29, 1.82) is 0 Å². The lowest BCUT2D eigenvalue weighted by molar-refractivity contribution is -0.128. The molecular formula is C11H12O2Si. The van der Waals surface area contributed by atoms with Gasteiger partial charge in [0, 0.05) is 6.08 Å². The molecule has 0 aliphatic carbocycles. The van der Waals surface area contributed by atoms with Crippen LogP contribution < -0.4 is 5.19 Å². The van der Waals surface area contributed by atoms with E-state index in [1.807, 2.05) is 44.2 Å². The zero-order valence-corrected chi connectivity index (χ0v) is 9.28. The number of carbonyl (C=O) groups excluding carboxylic acids is 1. The molecule has 3 heteroatoms. The van der Waals surface area contributed by atoms with Crippen LogP contribution in [0.2, 0.25) is 0 Å². The fraction of sp³-hybridized carbons (Fsp3) is 0.182. The van der Waals surface area contributed by atoms with Gasteiger partial charge in [-0.2, -0.15) is 0 Å². The van der Waals surface area contributed by atoms with E-state index >= 15 is 0 Å². The smallest absolute Gasteiger partial charge is 0.355 e. The summed E-state index contributed by atoms with van der Waals surface area (Å²) in [5.74, 6) is -0.271. The van der Waals surface area contributed by atoms with Crippen LogP contribution in [0.25, 0.3) is 0 Å². The molecular weight excluding hydrogens is 192 g/mol. The van der Waals surface area contributed by atoms with Gasteiger partial charge in [-0.25, -0.2) is 4.79 Å². The average molecular weight is 204 g/mol. The minimum atomic E-state index is -0.271. The van der Waals surface area contributed by atoms with Gasteiger partial charge in [0.05, 0.1) is 0 Å². The minimum absolute atomic E-state index is 0.0902. The third-order valence-electron chi connectivity index (χ3n) is 1.45. The highest BCUT2D eigenvalue weighted by molar-refractivity contribution is 6.49. The molecule has 1 aromatic carbocycles. The lowest BCUT2D eigenvalue weighted by Gasteiger charge is -1.99. The Morgan fingerprint density at radius 2 is 1.93 bits per heavy atom. The summed E-state index contributed by atoms with van der Waals surface area (Å²) in [6.07, 6.45) is 1.50. The molecule has 72 valence electrons. The number of hydrogen-bond donors (Lipinski definition) is 0. The normalized spacial score (nSPS) is 9.29. The van der Waals surface area contributed by atoms with Crippen LogP contribution in [0, 0.1) is 0 Å². The number of rotatable bonds is 3. The molecule has 0 aromatic heterocycles. The minimum Gasteiger partial charge on any atom is -0.508 e. The van der Waals surface area contributed by atoms with Crippen LogP contribution in [-0.2, 0) is 9.22 Å². The maximum absolute atomic E-state index is 11.1. The van der Waals surface area contributed by atoms with Gasteiger partial charge in [0.1, 0.15) is 0 Å². The third kappa shape index (κ3) is 4.05. The summed E-state index contributed by atoms with van der Waals surface area (Å²) in [6, 6.07) is 9.67. The van der Waals surface area contributed by atoms with E-state index in [0.29, 0.717) is 0 Å². The molecule has 0 heterocycles. The monoisotopic (exact) mass is 204 g/mol. The van der Waals surface area contributed by atoms with E-state index in [0.717, 1.165) is 10.8 Å². The Morgan fingerprint density at radius 3 is 2.50 bits per heavy atom. The fourth-order valence-corrected chi connectivity index (χ4v) is 1.49. The molecule has 0 saturated carbocycles. The molecule has 0 spiro atoms. The predicted molar refractivity (Wildman–Crippen MR) is 57.4 cm³/mol. The van der Waals surface area contributed by atoms with Gasteiger partial charge in [-0.1, -0.05) is 35.9 Å². The highest BCUT2D eigenvalue weighted by Gasteiger charge is 2.01. The maximum Gasteiger partial charge on any atom is 0.355 e. The molecule has 0 aliphatic rings. The zero-order valence-electron chi connectivity index (χ0n) is 8.28. The molecule has 1 rings (SSSR count). The summed E-state index contributed by atoms with van der Waals surface area (Å²) in [5, 5.41) is 1.03. The Bertz CT molecular complexity index is 326. The van der Waals surface area contributed by atoms with E-state index in [9.17, 15) is 4.79 Å². The van der Waals surface area contributed by atoms with Gasteiger partial charge in [0.2, 0.25) is 0 Å². The molecule has 1 aromatic rings. The van der Waals surface area contributed by atoms with Gasteiger partial charge in [0.15, 0.2) is 0 Å². The Labute approximate surface area is 86.5 Å². The van der Waals surface area contributed by atoms with Crippen LogP contribution in [-0.4, -0.2) is 15.7 Å². The summed E-state index contributed by atoms with van der Waals surface area (Å²) >= 11 is 0. The van der Waals surface area contributed by atoms with Gasteiger partial charge in [-0.05, 0) is 19.0 Å². The second-order valence-corrected chi connectivity index (χ2v) is 4.10. The molecule has 0 unspecified atom stereocenters. The molecule has 2 radical (unpaired) electrons. The number of hydrogen-bond acceptors (Lipinski definition) is 2. The van der Waals surface area contributed by atoms with Crippen molar-refractivity contribution in [2.75, 3.05) is 0 Å². The molecule has 14 heavy (non-hydrogen) atoms. The Hall–Kier alpha value is -1.35. The van der Waals surface area contributed by atoms with Crippen molar-refractivity contribution in [3.05, 3.63) is 42.0 Å². The average Bonchev–Trinajstić information content (AvgIpc) is 2.15. The van der Waals surface area contributed by atoms with Gasteiger partial charge >= 0.3 is 15.7 Å². The largest absolute Gasteiger partial charge is 0.508 e. The number of allylic oxidation sites excluding steroid dienone is 1. The van der Waals surface area contributed by atoms with Gasteiger partial charge in [-0.3, -0.25) is 0 Å². The first kappa shape index (κ1) is 10.7. The molecule has 0 amide bonds. The molecule has 0 fully saturated rings. The van der Waals surface area contributed by atoms with Crippen molar-refractivity contribution in [3.63, 3.8) is 0 Å². The van der Waals surface area contributed by atoms with Crippen molar-refractivity contribution in [1.82, 2.24) is 0 Å². The van der Waals surface area contributed by atoms with E-state index in [1.54, 1.807) is 0 Å². The zero-order chi connectivity index (χ0) is 10.4. The van der Waals surface area contributed by atoms with Crippen LogP contribution in [0.1, 0.15) is 13.8 Å². The summed E-state index contributed by atoms with van der Waals surface area (Å²) in [4.78, 5) is 11.1. The van der Waals surface area contributed by atoms with E-state index in [-0.39, 0.29) is 15.7 Å². The van der Waals surface area contributed by atoms with E-state index in [4.69, 9.17) is 4.43 Å². The van der Waals surface area contributed by atoms with Crippen LogP contribution in [0.15, 0.2) is 42.0 Å². The fourth-order valence-electron chi connectivity index (χ4n) is 0.881. The quantitative estimate of drug-likeness (QED) is 0.550. The summed E-state index contributed by atoms with van der Waals surface area (Å²) in [5.41, 5.74) is 0.952.